The summed E-state index contributed by atoms with van der Waals surface area (Å²) in [6, 6.07) is 6.17. The number of nitrogens with one attached hydrogen (secondary N) is 1. The second-order valence-corrected chi connectivity index (χ2v) is 6.71. The van der Waals surface area contributed by atoms with Crippen molar-refractivity contribution in [2.75, 3.05) is 20.2 Å². The van der Waals surface area contributed by atoms with Gasteiger partial charge in [0.25, 0.3) is 5.91 Å². The number of benzene rings is 1. The lowest BCUT2D eigenvalue weighted by molar-refractivity contribution is 0.0939. The van der Waals surface area contributed by atoms with E-state index in [0.717, 1.165) is 6.54 Å². The van der Waals surface area contributed by atoms with E-state index in [2.05, 4.69) is 37.9 Å². The third kappa shape index (κ3) is 6.04. The molecule has 0 radical (unpaired) electrons. The molecule has 5 heteroatoms. The molecule has 1 rings (SSSR count). The van der Waals surface area contributed by atoms with Gasteiger partial charge in [-0.2, -0.15) is 0 Å². The van der Waals surface area contributed by atoms with Gasteiger partial charge in [0.05, 0.1) is 13.2 Å². The summed E-state index contributed by atoms with van der Waals surface area (Å²) >= 11 is 0. The van der Waals surface area contributed by atoms with Gasteiger partial charge in [0.1, 0.15) is 0 Å². The predicted molar refractivity (Wildman–Crippen MR) is 98.1 cm³/mol. The van der Waals surface area contributed by atoms with Crippen LogP contribution in [0.2, 0.25) is 0 Å². The maximum Gasteiger partial charge on any atom is 0.251 e. The van der Waals surface area contributed by atoms with Gasteiger partial charge in [-0.25, -0.2) is 0 Å². The maximum atomic E-state index is 12.3. The topological polar surface area (TPSA) is 50.8 Å². The van der Waals surface area contributed by atoms with E-state index in [9.17, 15) is 4.79 Å². The van der Waals surface area contributed by atoms with Gasteiger partial charge in [0.15, 0.2) is 11.5 Å². The zero-order valence-electron chi connectivity index (χ0n) is 16.1. The van der Waals surface area contributed by atoms with Crippen molar-refractivity contribution in [1.29, 1.82) is 0 Å². The molecule has 1 amide bonds. The number of nitrogens with zero attached hydrogens (tertiary/aromatic N) is 1. The molecule has 1 N–H and O–H groups in total. The van der Waals surface area contributed by atoms with Crippen LogP contribution in [-0.4, -0.2) is 49.2 Å². The van der Waals surface area contributed by atoms with E-state index >= 15 is 0 Å². The molecule has 0 aliphatic heterocycles. The van der Waals surface area contributed by atoms with Crippen molar-refractivity contribution in [3.05, 3.63) is 23.8 Å². The number of hydrogen-bond acceptors (Lipinski definition) is 4. The van der Waals surface area contributed by atoms with Crippen molar-refractivity contribution in [1.82, 2.24) is 10.2 Å². The summed E-state index contributed by atoms with van der Waals surface area (Å²) in [6.07, 6.45) is 0.0524. The Hall–Kier alpha value is -1.75. The highest BCUT2D eigenvalue weighted by molar-refractivity contribution is 5.94. The van der Waals surface area contributed by atoms with E-state index in [4.69, 9.17) is 9.47 Å². The molecule has 0 saturated heterocycles. The van der Waals surface area contributed by atoms with Crippen molar-refractivity contribution in [2.24, 2.45) is 0 Å². The fourth-order valence-electron chi connectivity index (χ4n) is 2.67. The molecule has 0 atom stereocenters. The molecule has 0 bridgehead atoms. The molecule has 0 aliphatic carbocycles. The van der Waals surface area contributed by atoms with E-state index < -0.39 is 0 Å². The van der Waals surface area contributed by atoms with Gasteiger partial charge in [-0.3, -0.25) is 9.69 Å². The van der Waals surface area contributed by atoms with Crippen molar-refractivity contribution in [3.8, 4) is 11.5 Å². The smallest absolute Gasteiger partial charge is 0.251 e. The average Bonchev–Trinajstić information content (AvgIpc) is 2.50. The Kier molecular flexibility index (Phi) is 8.05. The molecule has 0 spiro atoms. The first-order chi connectivity index (χ1) is 11.3. The summed E-state index contributed by atoms with van der Waals surface area (Å²) in [4.78, 5) is 14.7. The van der Waals surface area contributed by atoms with Crippen LogP contribution >= 0.6 is 0 Å². The summed E-state index contributed by atoms with van der Waals surface area (Å²) in [5.41, 5.74) is 0.573. The van der Waals surface area contributed by atoms with Crippen LogP contribution in [0.25, 0.3) is 0 Å². The Labute approximate surface area is 146 Å². The van der Waals surface area contributed by atoms with E-state index in [0.29, 0.717) is 35.7 Å². The lowest BCUT2D eigenvalue weighted by atomic mass is 10.2. The first-order valence-electron chi connectivity index (χ1n) is 8.64. The van der Waals surface area contributed by atoms with Gasteiger partial charge in [-0.1, -0.05) is 0 Å². The SMILES string of the molecule is COc1cc(C(=O)NCCN(C(C)C)C(C)C)ccc1OC(C)C. The van der Waals surface area contributed by atoms with Gasteiger partial charge in [-0.05, 0) is 59.7 Å². The largest absolute Gasteiger partial charge is 0.493 e. The maximum absolute atomic E-state index is 12.3. The molecule has 1 aromatic rings. The number of carbonyl (C=O) groups excluding carboxylic acids is 1. The van der Waals surface area contributed by atoms with Crippen LogP contribution in [0.3, 0.4) is 0 Å². The summed E-state index contributed by atoms with van der Waals surface area (Å²) in [5.74, 6) is 1.12. The molecule has 0 unspecified atom stereocenters. The molecule has 136 valence electrons. The first-order valence-corrected chi connectivity index (χ1v) is 8.64. The standard InChI is InChI=1S/C19H32N2O3/c1-13(2)21(14(3)4)11-10-20-19(22)16-8-9-17(24-15(5)6)18(12-16)23-7/h8-9,12-15H,10-11H2,1-7H3,(H,20,22). The number of amides is 1. The Morgan fingerprint density at radius 2 is 1.71 bits per heavy atom. The molecule has 0 fully saturated rings. The van der Waals surface area contributed by atoms with Gasteiger partial charge in [-0.15, -0.1) is 0 Å². The quantitative estimate of drug-likeness (QED) is 0.751. The highest BCUT2D eigenvalue weighted by Crippen LogP contribution is 2.28. The molecule has 0 saturated carbocycles. The van der Waals surface area contributed by atoms with Crippen LogP contribution in [0.4, 0.5) is 0 Å². The summed E-state index contributed by atoms with van der Waals surface area (Å²) in [7, 11) is 1.58. The number of rotatable bonds is 9. The van der Waals surface area contributed by atoms with E-state index in [1.54, 1.807) is 25.3 Å². The van der Waals surface area contributed by atoms with Crippen molar-refractivity contribution >= 4 is 5.91 Å². The predicted octanol–water partition coefficient (Wildman–Crippen LogP) is 3.33. The minimum Gasteiger partial charge on any atom is -0.493 e. The fourth-order valence-corrected chi connectivity index (χ4v) is 2.67. The van der Waals surface area contributed by atoms with Crippen molar-refractivity contribution in [3.63, 3.8) is 0 Å². The third-order valence-electron chi connectivity index (χ3n) is 3.77. The molecule has 0 aromatic heterocycles. The van der Waals surface area contributed by atoms with Gasteiger partial charge >= 0.3 is 0 Å². The molecular weight excluding hydrogens is 304 g/mol. The van der Waals surface area contributed by atoms with E-state index in [1.165, 1.54) is 0 Å². The van der Waals surface area contributed by atoms with Crippen LogP contribution < -0.4 is 14.8 Å². The second kappa shape index (κ2) is 9.52. The molecule has 5 nitrogen and oxygen atoms in total. The van der Waals surface area contributed by atoms with Gasteiger partial charge in [0.2, 0.25) is 0 Å². The van der Waals surface area contributed by atoms with E-state index in [1.807, 2.05) is 13.8 Å². The van der Waals surface area contributed by atoms with Crippen molar-refractivity contribution in [2.45, 2.75) is 59.7 Å². The van der Waals surface area contributed by atoms with Gasteiger partial charge < -0.3 is 14.8 Å². The first kappa shape index (κ1) is 20.3. The number of carbonyl (C=O) groups is 1. The Morgan fingerprint density at radius 1 is 1.08 bits per heavy atom. The minimum atomic E-state index is -0.100. The molecular formula is C19H32N2O3. The fraction of sp³-hybridized carbons (Fsp3) is 0.632. The van der Waals surface area contributed by atoms with Crippen LogP contribution in [0.1, 0.15) is 51.9 Å². The second-order valence-electron chi connectivity index (χ2n) is 6.71. The van der Waals surface area contributed by atoms with E-state index in [-0.39, 0.29) is 12.0 Å². The van der Waals surface area contributed by atoms with Crippen LogP contribution in [0, 0.1) is 0 Å². The lowest BCUT2D eigenvalue weighted by Crippen LogP contribution is -2.42. The Bertz CT molecular complexity index is 519. The van der Waals surface area contributed by atoms with Crippen LogP contribution in [0.5, 0.6) is 11.5 Å². The molecule has 0 heterocycles. The molecule has 0 aliphatic rings. The monoisotopic (exact) mass is 336 g/mol. The number of hydrogen-bond donors (Lipinski definition) is 1. The van der Waals surface area contributed by atoms with Crippen LogP contribution in [-0.2, 0) is 0 Å². The Morgan fingerprint density at radius 3 is 2.21 bits per heavy atom. The van der Waals surface area contributed by atoms with Crippen LogP contribution in [0.15, 0.2) is 18.2 Å². The molecule has 24 heavy (non-hydrogen) atoms. The average molecular weight is 336 g/mol. The zero-order valence-corrected chi connectivity index (χ0v) is 16.1. The van der Waals surface area contributed by atoms with Crippen molar-refractivity contribution < 1.29 is 14.3 Å². The number of ether oxygens (including phenoxy) is 2. The summed E-state index contributed by atoms with van der Waals surface area (Å²) in [6.45, 7) is 14.0. The zero-order chi connectivity index (χ0) is 18.3. The third-order valence-corrected chi connectivity index (χ3v) is 3.77. The summed E-state index contributed by atoms with van der Waals surface area (Å²) < 4.78 is 11.0. The lowest BCUT2D eigenvalue weighted by Gasteiger charge is -2.30. The Balaban J connectivity index is 2.68. The normalized spacial score (nSPS) is 11.5. The molecule has 1 aromatic carbocycles. The highest BCUT2D eigenvalue weighted by Gasteiger charge is 2.15. The highest BCUT2D eigenvalue weighted by atomic mass is 16.5. The number of methoxy groups -OCH3 is 1. The van der Waals surface area contributed by atoms with Gasteiger partial charge in [0, 0.05) is 30.7 Å². The summed E-state index contributed by atoms with van der Waals surface area (Å²) in [5, 5.41) is 2.97. The minimum absolute atomic E-state index is 0.0524.